The van der Waals surface area contributed by atoms with Gasteiger partial charge in [0.15, 0.2) is 0 Å². The van der Waals surface area contributed by atoms with Crippen LogP contribution >= 0.6 is 0 Å². The Morgan fingerprint density at radius 3 is 3.06 bits per heavy atom. The molecule has 16 heavy (non-hydrogen) atoms. The molecule has 1 fully saturated rings. The van der Waals surface area contributed by atoms with E-state index in [9.17, 15) is 8.42 Å². The van der Waals surface area contributed by atoms with E-state index in [0.717, 1.165) is 0 Å². The van der Waals surface area contributed by atoms with Gasteiger partial charge in [-0.15, -0.1) is 0 Å². The Balaban J connectivity index is 2.18. The maximum Gasteiger partial charge on any atom is 0.244 e. The molecule has 2 rings (SSSR count). The summed E-state index contributed by atoms with van der Waals surface area (Å²) in [4.78, 5) is 3.02. The fraction of sp³-hybridized carbons (Fsp3) is 0.556. The van der Waals surface area contributed by atoms with Gasteiger partial charge in [-0.1, -0.05) is 0 Å². The first-order chi connectivity index (χ1) is 7.64. The van der Waals surface area contributed by atoms with Crippen molar-refractivity contribution in [3.63, 3.8) is 0 Å². The Kier molecular flexibility index (Phi) is 3.29. The number of nitrogens with zero attached hydrogens (tertiary/aromatic N) is 1. The Morgan fingerprint density at radius 1 is 1.62 bits per heavy atom. The fourth-order valence-corrected chi connectivity index (χ4v) is 3.10. The molecule has 6 nitrogen and oxygen atoms in total. The average Bonchev–Trinajstić information content (AvgIpc) is 2.83. The summed E-state index contributed by atoms with van der Waals surface area (Å²) in [5, 5.41) is 0. The van der Waals surface area contributed by atoms with Gasteiger partial charge in [0.1, 0.15) is 0 Å². The minimum atomic E-state index is -3.40. The Morgan fingerprint density at radius 2 is 2.44 bits per heavy atom. The van der Waals surface area contributed by atoms with Crippen LogP contribution in [0.5, 0.6) is 0 Å². The average molecular weight is 245 g/mol. The highest BCUT2D eigenvalue weighted by Crippen LogP contribution is 2.17. The van der Waals surface area contributed by atoms with Gasteiger partial charge in [0.05, 0.1) is 17.6 Å². The van der Waals surface area contributed by atoms with Crippen LogP contribution in [0.1, 0.15) is 0 Å². The molecule has 0 bridgehead atoms. The molecular weight excluding hydrogens is 230 g/mol. The zero-order valence-corrected chi connectivity index (χ0v) is 9.61. The van der Waals surface area contributed by atoms with E-state index in [2.05, 4.69) is 4.98 Å². The first kappa shape index (κ1) is 11.6. The summed E-state index contributed by atoms with van der Waals surface area (Å²) in [7, 11) is -3.40. The van der Waals surface area contributed by atoms with Crippen LogP contribution in [0, 0.1) is 0 Å². The van der Waals surface area contributed by atoms with E-state index in [0.29, 0.717) is 26.2 Å². The third kappa shape index (κ3) is 2.12. The third-order valence-corrected chi connectivity index (χ3v) is 4.43. The first-order valence-corrected chi connectivity index (χ1v) is 6.53. The Labute approximate surface area is 94.4 Å². The molecule has 0 saturated carbocycles. The summed E-state index contributed by atoms with van der Waals surface area (Å²) in [6, 6.07) is 1.54. The molecule has 1 aromatic heterocycles. The van der Waals surface area contributed by atoms with Crippen LogP contribution in [-0.4, -0.2) is 50.1 Å². The zero-order chi connectivity index (χ0) is 11.6. The van der Waals surface area contributed by atoms with Crippen LogP contribution in [0.25, 0.3) is 0 Å². The molecule has 2 heterocycles. The lowest BCUT2D eigenvalue weighted by molar-refractivity contribution is 0.00451. The molecule has 1 aromatic rings. The van der Waals surface area contributed by atoms with Crippen LogP contribution in [0.2, 0.25) is 0 Å². The summed E-state index contributed by atoms with van der Waals surface area (Å²) >= 11 is 0. The van der Waals surface area contributed by atoms with Gasteiger partial charge in [0, 0.05) is 32.0 Å². The topological polar surface area (TPSA) is 88.4 Å². The molecule has 90 valence electrons. The Hall–Kier alpha value is -0.890. The number of rotatable bonds is 3. The molecule has 1 atom stereocenters. The van der Waals surface area contributed by atoms with Gasteiger partial charge in [0.25, 0.3) is 0 Å². The Bertz CT molecular complexity index is 429. The second-order valence-corrected chi connectivity index (χ2v) is 5.58. The van der Waals surface area contributed by atoms with Gasteiger partial charge in [-0.3, -0.25) is 0 Å². The van der Waals surface area contributed by atoms with Crippen molar-refractivity contribution in [2.75, 3.05) is 26.2 Å². The number of hydrogen-bond acceptors (Lipinski definition) is 4. The standard InChI is InChI=1S/C9H15N3O3S/c10-5-8-7-12(3-4-15-8)16(13,14)9-1-2-11-6-9/h1-2,6,8,11H,3-5,7,10H2. The molecule has 3 N–H and O–H groups in total. The molecule has 1 saturated heterocycles. The van der Waals surface area contributed by atoms with Crippen LogP contribution in [-0.2, 0) is 14.8 Å². The quantitative estimate of drug-likeness (QED) is 0.741. The van der Waals surface area contributed by atoms with Crippen molar-refractivity contribution in [2.24, 2.45) is 5.73 Å². The van der Waals surface area contributed by atoms with Crippen LogP contribution < -0.4 is 5.73 Å². The molecular formula is C9H15N3O3S. The molecule has 1 unspecified atom stereocenters. The summed E-state index contributed by atoms with van der Waals surface area (Å²) in [5.74, 6) is 0. The summed E-state index contributed by atoms with van der Waals surface area (Å²) in [6.07, 6.45) is 2.86. The molecule has 0 spiro atoms. The number of hydrogen-bond donors (Lipinski definition) is 2. The zero-order valence-electron chi connectivity index (χ0n) is 8.80. The van der Waals surface area contributed by atoms with Crippen molar-refractivity contribution >= 4 is 10.0 Å². The minimum absolute atomic E-state index is 0.206. The van der Waals surface area contributed by atoms with E-state index in [1.54, 1.807) is 12.3 Å². The predicted molar refractivity (Wildman–Crippen MR) is 58.3 cm³/mol. The number of ether oxygens (including phenoxy) is 1. The molecule has 0 aliphatic carbocycles. The lowest BCUT2D eigenvalue weighted by atomic mass is 10.3. The molecule has 0 radical (unpaired) electrons. The van der Waals surface area contributed by atoms with E-state index in [4.69, 9.17) is 10.5 Å². The number of H-pyrrole nitrogens is 1. The maximum atomic E-state index is 12.1. The van der Waals surface area contributed by atoms with Crippen molar-refractivity contribution < 1.29 is 13.2 Å². The molecule has 7 heteroatoms. The SMILES string of the molecule is NCC1CN(S(=O)(=O)c2cc[nH]c2)CCO1. The van der Waals surface area contributed by atoms with E-state index in [1.807, 2.05) is 0 Å². The van der Waals surface area contributed by atoms with Gasteiger partial charge in [-0.05, 0) is 6.07 Å². The molecule has 1 aliphatic heterocycles. The predicted octanol–water partition coefficient (Wildman–Crippen LogP) is -0.637. The number of aromatic nitrogens is 1. The van der Waals surface area contributed by atoms with Crippen molar-refractivity contribution in [2.45, 2.75) is 11.0 Å². The van der Waals surface area contributed by atoms with Gasteiger partial charge in [-0.2, -0.15) is 4.31 Å². The number of aromatic amines is 1. The largest absolute Gasteiger partial charge is 0.374 e. The van der Waals surface area contributed by atoms with E-state index < -0.39 is 10.0 Å². The summed E-state index contributed by atoms with van der Waals surface area (Å²) < 4.78 is 31.0. The second-order valence-electron chi connectivity index (χ2n) is 3.64. The summed E-state index contributed by atoms with van der Waals surface area (Å²) in [5.41, 5.74) is 5.47. The van der Waals surface area contributed by atoms with Gasteiger partial charge < -0.3 is 15.5 Å². The van der Waals surface area contributed by atoms with Crippen LogP contribution in [0.4, 0.5) is 0 Å². The summed E-state index contributed by atoms with van der Waals surface area (Å²) in [6.45, 7) is 1.43. The highest BCUT2D eigenvalue weighted by molar-refractivity contribution is 7.89. The van der Waals surface area contributed by atoms with Crippen molar-refractivity contribution in [3.05, 3.63) is 18.5 Å². The van der Waals surface area contributed by atoms with Crippen LogP contribution in [0.3, 0.4) is 0 Å². The van der Waals surface area contributed by atoms with E-state index in [-0.39, 0.29) is 11.0 Å². The number of sulfonamides is 1. The normalized spacial score (nSPS) is 23.4. The number of morpholine rings is 1. The smallest absolute Gasteiger partial charge is 0.244 e. The lowest BCUT2D eigenvalue weighted by Gasteiger charge is -2.31. The highest BCUT2D eigenvalue weighted by Gasteiger charge is 2.30. The fourth-order valence-electron chi connectivity index (χ4n) is 1.67. The third-order valence-electron chi connectivity index (χ3n) is 2.57. The van der Waals surface area contributed by atoms with Crippen molar-refractivity contribution in [1.82, 2.24) is 9.29 Å². The highest BCUT2D eigenvalue weighted by atomic mass is 32.2. The van der Waals surface area contributed by atoms with Gasteiger partial charge >= 0.3 is 0 Å². The number of nitrogens with one attached hydrogen (secondary N) is 1. The van der Waals surface area contributed by atoms with Gasteiger partial charge in [-0.25, -0.2) is 8.42 Å². The molecule has 0 amide bonds. The number of nitrogens with two attached hydrogens (primary N) is 1. The van der Waals surface area contributed by atoms with Crippen molar-refractivity contribution in [3.8, 4) is 0 Å². The van der Waals surface area contributed by atoms with E-state index >= 15 is 0 Å². The van der Waals surface area contributed by atoms with Crippen LogP contribution in [0.15, 0.2) is 23.4 Å². The monoisotopic (exact) mass is 245 g/mol. The lowest BCUT2D eigenvalue weighted by Crippen LogP contribution is -2.47. The first-order valence-electron chi connectivity index (χ1n) is 5.09. The maximum absolute atomic E-state index is 12.1. The second kappa shape index (κ2) is 4.54. The minimum Gasteiger partial charge on any atom is -0.374 e. The van der Waals surface area contributed by atoms with Crippen molar-refractivity contribution in [1.29, 1.82) is 0 Å². The molecule has 0 aromatic carbocycles. The van der Waals surface area contributed by atoms with E-state index in [1.165, 1.54) is 10.5 Å². The van der Waals surface area contributed by atoms with Gasteiger partial charge in [0.2, 0.25) is 10.0 Å². The molecule has 1 aliphatic rings.